The van der Waals surface area contributed by atoms with Crippen LogP contribution in [0.3, 0.4) is 0 Å². The Morgan fingerprint density at radius 2 is 1.79 bits per heavy atom. The third kappa shape index (κ3) is 5.20. The van der Waals surface area contributed by atoms with Gasteiger partial charge in [0.05, 0.1) is 12.2 Å². The molecular formula is C23H26N2O2S. The van der Waals surface area contributed by atoms with Crippen LogP contribution < -0.4 is 10.1 Å². The molecule has 3 aromatic rings. The molecule has 28 heavy (non-hydrogen) atoms. The van der Waals surface area contributed by atoms with Gasteiger partial charge in [0.15, 0.2) is 6.10 Å². The van der Waals surface area contributed by atoms with Crippen molar-refractivity contribution >= 4 is 17.2 Å². The standard InChI is InChI=1S/C23H26N2O2S/c1-16(27-20-12-10-18(11-13-20)23(2,3)4)21(26)24-14-19-15-28-22(25-19)17-8-6-5-7-9-17/h5-13,15-16H,14H2,1-4H3,(H,24,26)/t16-/m0/s1. The lowest BCUT2D eigenvalue weighted by Gasteiger charge is -2.20. The van der Waals surface area contributed by atoms with Crippen molar-refractivity contribution in [2.75, 3.05) is 0 Å². The van der Waals surface area contributed by atoms with Crippen LogP contribution in [0.1, 0.15) is 39.0 Å². The number of nitrogens with zero attached hydrogens (tertiary/aromatic N) is 1. The van der Waals surface area contributed by atoms with E-state index in [4.69, 9.17) is 4.74 Å². The van der Waals surface area contributed by atoms with Gasteiger partial charge < -0.3 is 10.1 Å². The van der Waals surface area contributed by atoms with Gasteiger partial charge in [-0.05, 0) is 30.0 Å². The lowest BCUT2D eigenvalue weighted by molar-refractivity contribution is -0.127. The van der Waals surface area contributed by atoms with Crippen molar-refractivity contribution in [3.63, 3.8) is 0 Å². The molecule has 146 valence electrons. The fourth-order valence-corrected chi connectivity index (χ4v) is 3.54. The first-order valence-corrected chi connectivity index (χ1v) is 10.3. The SMILES string of the molecule is C[C@H](Oc1ccc(C(C)(C)C)cc1)C(=O)NCc1csc(-c2ccccc2)n1. The summed E-state index contributed by atoms with van der Waals surface area (Å²) in [7, 11) is 0. The summed E-state index contributed by atoms with van der Waals surface area (Å²) in [5.41, 5.74) is 3.25. The van der Waals surface area contributed by atoms with Gasteiger partial charge in [0.25, 0.3) is 5.91 Å². The molecule has 0 saturated carbocycles. The molecule has 0 fully saturated rings. The lowest BCUT2D eigenvalue weighted by atomic mass is 9.87. The van der Waals surface area contributed by atoms with E-state index in [0.717, 1.165) is 16.3 Å². The second kappa shape index (κ2) is 8.57. The average molecular weight is 395 g/mol. The number of hydrogen-bond acceptors (Lipinski definition) is 4. The highest BCUT2D eigenvalue weighted by Crippen LogP contribution is 2.25. The van der Waals surface area contributed by atoms with Crippen LogP contribution >= 0.6 is 11.3 Å². The average Bonchev–Trinajstić information content (AvgIpc) is 3.15. The Balaban J connectivity index is 1.53. The minimum atomic E-state index is -0.576. The number of amides is 1. The molecule has 0 aliphatic carbocycles. The summed E-state index contributed by atoms with van der Waals surface area (Å²) in [5, 5.41) is 5.82. The molecule has 0 saturated heterocycles. The van der Waals surface area contributed by atoms with E-state index < -0.39 is 6.10 Å². The van der Waals surface area contributed by atoms with Crippen molar-refractivity contribution in [2.45, 2.75) is 45.8 Å². The van der Waals surface area contributed by atoms with Crippen LogP contribution in [-0.2, 0) is 16.8 Å². The van der Waals surface area contributed by atoms with Gasteiger partial charge in [-0.3, -0.25) is 4.79 Å². The zero-order chi connectivity index (χ0) is 20.1. The Labute approximate surface area is 170 Å². The number of rotatable bonds is 6. The Kier molecular flexibility index (Phi) is 6.15. The Hall–Kier alpha value is -2.66. The molecule has 0 aliphatic rings. The number of hydrogen-bond donors (Lipinski definition) is 1. The zero-order valence-electron chi connectivity index (χ0n) is 16.7. The van der Waals surface area contributed by atoms with Crippen LogP contribution in [0.2, 0.25) is 0 Å². The molecule has 0 spiro atoms. The third-order valence-corrected chi connectivity index (χ3v) is 5.36. The highest BCUT2D eigenvalue weighted by Gasteiger charge is 2.17. The molecule has 0 radical (unpaired) electrons. The largest absolute Gasteiger partial charge is 0.481 e. The molecule has 1 heterocycles. The van der Waals surface area contributed by atoms with Gasteiger partial charge in [0.2, 0.25) is 0 Å². The van der Waals surface area contributed by atoms with E-state index >= 15 is 0 Å². The Morgan fingerprint density at radius 1 is 1.11 bits per heavy atom. The van der Waals surface area contributed by atoms with E-state index in [1.165, 1.54) is 5.56 Å². The van der Waals surface area contributed by atoms with E-state index in [0.29, 0.717) is 12.3 Å². The van der Waals surface area contributed by atoms with E-state index in [-0.39, 0.29) is 11.3 Å². The smallest absolute Gasteiger partial charge is 0.261 e. The third-order valence-electron chi connectivity index (χ3n) is 4.42. The highest BCUT2D eigenvalue weighted by atomic mass is 32.1. The fraction of sp³-hybridized carbons (Fsp3) is 0.304. The fourth-order valence-electron chi connectivity index (χ4n) is 2.71. The Morgan fingerprint density at radius 3 is 2.43 bits per heavy atom. The number of carbonyl (C=O) groups excluding carboxylic acids is 1. The van der Waals surface area contributed by atoms with Crippen LogP contribution in [0.5, 0.6) is 5.75 Å². The minimum absolute atomic E-state index is 0.0909. The molecule has 0 aliphatic heterocycles. The first-order chi connectivity index (χ1) is 13.3. The van der Waals surface area contributed by atoms with Gasteiger partial charge in [0, 0.05) is 10.9 Å². The van der Waals surface area contributed by atoms with E-state index in [1.54, 1.807) is 18.3 Å². The maximum absolute atomic E-state index is 12.4. The molecule has 4 nitrogen and oxygen atoms in total. The second-order valence-corrected chi connectivity index (χ2v) is 8.62. The molecule has 1 aromatic heterocycles. The number of nitrogens with one attached hydrogen (secondary N) is 1. The van der Waals surface area contributed by atoms with Crippen LogP contribution in [0.4, 0.5) is 0 Å². The predicted molar refractivity (Wildman–Crippen MR) is 115 cm³/mol. The van der Waals surface area contributed by atoms with Gasteiger partial charge in [-0.2, -0.15) is 0 Å². The molecule has 1 atom stereocenters. The van der Waals surface area contributed by atoms with Crippen molar-refractivity contribution in [3.8, 4) is 16.3 Å². The van der Waals surface area contributed by atoms with Crippen molar-refractivity contribution in [1.29, 1.82) is 0 Å². The molecule has 5 heteroatoms. The monoisotopic (exact) mass is 394 g/mol. The first-order valence-electron chi connectivity index (χ1n) is 9.37. The number of benzene rings is 2. The van der Waals surface area contributed by atoms with Gasteiger partial charge in [-0.15, -0.1) is 11.3 Å². The molecule has 2 aromatic carbocycles. The van der Waals surface area contributed by atoms with E-state index in [1.807, 2.05) is 60.0 Å². The van der Waals surface area contributed by atoms with Gasteiger partial charge >= 0.3 is 0 Å². The molecule has 0 bridgehead atoms. The summed E-state index contributed by atoms with van der Waals surface area (Å²) in [6.07, 6.45) is -0.576. The van der Waals surface area contributed by atoms with E-state index in [9.17, 15) is 4.79 Å². The summed E-state index contributed by atoms with van der Waals surface area (Å²) in [6.45, 7) is 8.64. The van der Waals surface area contributed by atoms with Crippen LogP contribution in [0.15, 0.2) is 60.0 Å². The number of ether oxygens (including phenoxy) is 1. The number of thiazole rings is 1. The minimum Gasteiger partial charge on any atom is -0.481 e. The van der Waals surface area contributed by atoms with Crippen molar-refractivity contribution < 1.29 is 9.53 Å². The lowest BCUT2D eigenvalue weighted by Crippen LogP contribution is -2.36. The molecule has 0 unspecified atom stereocenters. The van der Waals surface area contributed by atoms with Crippen LogP contribution in [-0.4, -0.2) is 17.0 Å². The van der Waals surface area contributed by atoms with Crippen LogP contribution in [0.25, 0.3) is 10.6 Å². The van der Waals surface area contributed by atoms with Crippen molar-refractivity contribution in [3.05, 3.63) is 71.2 Å². The number of aromatic nitrogens is 1. The summed E-state index contributed by atoms with van der Waals surface area (Å²) in [6, 6.07) is 17.9. The highest BCUT2D eigenvalue weighted by molar-refractivity contribution is 7.13. The summed E-state index contributed by atoms with van der Waals surface area (Å²) in [5.74, 6) is 0.532. The normalized spacial score (nSPS) is 12.4. The molecule has 1 N–H and O–H groups in total. The molecule has 1 amide bonds. The quantitative estimate of drug-likeness (QED) is 0.626. The molecular weight excluding hydrogens is 368 g/mol. The second-order valence-electron chi connectivity index (χ2n) is 7.76. The first kappa shape index (κ1) is 20.1. The number of carbonyl (C=O) groups is 1. The maximum Gasteiger partial charge on any atom is 0.261 e. The Bertz CT molecular complexity index is 912. The molecule has 3 rings (SSSR count). The van der Waals surface area contributed by atoms with Crippen LogP contribution in [0, 0.1) is 0 Å². The zero-order valence-corrected chi connectivity index (χ0v) is 17.5. The van der Waals surface area contributed by atoms with Gasteiger partial charge in [-0.25, -0.2) is 4.98 Å². The van der Waals surface area contributed by atoms with E-state index in [2.05, 4.69) is 31.1 Å². The maximum atomic E-state index is 12.4. The van der Waals surface area contributed by atoms with Crippen molar-refractivity contribution in [2.24, 2.45) is 0 Å². The van der Waals surface area contributed by atoms with Gasteiger partial charge in [-0.1, -0.05) is 63.2 Å². The predicted octanol–water partition coefficient (Wildman–Crippen LogP) is 5.19. The van der Waals surface area contributed by atoms with Gasteiger partial charge in [0.1, 0.15) is 10.8 Å². The van der Waals surface area contributed by atoms with Crippen molar-refractivity contribution in [1.82, 2.24) is 10.3 Å². The summed E-state index contributed by atoms with van der Waals surface area (Å²) >= 11 is 1.57. The summed E-state index contributed by atoms with van der Waals surface area (Å²) < 4.78 is 5.78. The summed E-state index contributed by atoms with van der Waals surface area (Å²) in [4.78, 5) is 17.0. The topological polar surface area (TPSA) is 51.2 Å².